The van der Waals surface area contributed by atoms with Crippen molar-refractivity contribution in [1.82, 2.24) is 29.9 Å². The van der Waals surface area contributed by atoms with Gasteiger partial charge in [0.15, 0.2) is 17.2 Å². The van der Waals surface area contributed by atoms with Crippen LogP contribution in [0.2, 0.25) is 0 Å². The normalized spacial score (nSPS) is 13.5. The number of amides is 1. The quantitative estimate of drug-likeness (QED) is 0.205. The van der Waals surface area contributed by atoms with Crippen molar-refractivity contribution in [3.8, 4) is 23.1 Å². The number of hydrogen-bond donors (Lipinski definition) is 3. The Labute approximate surface area is 273 Å². The summed E-state index contributed by atoms with van der Waals surface area (Å²) in [6.45, 7) is 2.30. The van der Waals surface area contributed by atoms with E-state index in [1.165, 1.54) is 54.9 Å². The number of rotatable bonds is 9. The van der Waals surface area contributed by atoms with Gasteiger partial charge >= 0.3 is 0 Å². The van der Waals surface area contributed by atoms with Gasteiger partial charge < -0.3 is 24.8 Å². The van der Waals surface area contributed by atoms with Gasteiger partial charge in [-0.2, -0.15) is 9.78 Å². The van der Waals surface area contributed by atoms with E-state index in [1.54, 1.807) is 6.07 Å². The van der Waals surface area contributed by atoms with Crippen LogP contribution in [0, 0.1) is 11.6 Å². The highest BCUT2D eigenvalue weighted by atomic mass is 35.5. The number of carbonyl (C=O) groups is 1. The molecule has 1 aliphatic rings. The molecular formula is C30H29Cl2F2N7O5. The van der Waals surface area contributed by atoms with Crippen LogP contribution < -0.4 is 20.3 Å². The number of hydrogen-bond acceptors (Lipinski definition) is 9. The number of likely N-dealkylation sites (tertiary alicyclic amines) is 1. The molecule has 0 saturated carbocycles. The number of aliphatic hydroxyl groups excluding tert-OH is 1. The summed E-state index contributed by atoms with van der Waals surface area (Å²) in [4.78, 5) is 32.2. The van der Waals surface area contributed by atoms with Crippen LogP contribution >= 0.6 is 24.8 Å². The van der Waals surface area contributed by atoms with Crippen LogP contribution in [0.1, 0.15) is 23.2 Å². The van der Waals surface area contributed by atoms with Crippen LogP contribution in [0.5, 0.6) is 17.4 Å². The van der Waals surface area contributed by atoms with E-state index in [0.29, 0.717) is 17.6 Å². The fourth-order valence-electron chi connectivity index (χ4n) is 4.95. The third-order valence-corrected chi connectivity index (χ3v) is 7.19. The maximum absolute atomic E-state index is 15.2. The number of carbonyl (C=O) groups excluding carboxylic acids is 1. The summed E-state index contributed by atoms with van der Waals surface area (Å²) in [5, 5.41) is 23.2. The molecule has 0 bridgehead atoms. The molecule has 242 valence electrons. The second kappa shape index (κ2) is 15.1. The van der Waals surface area contributed by atoms with Gasteiger partial charge in [-0.15, -0.1) is 29.9 Å². The average molecular weight is 677 g/mol. The van der Waals surface area contributed by atoms with Crippen molar-refractivity contribution in [3.05, 3.63) is 94.5 Å². The first-order chi connectivity index (χ1) is 21.4. The number of halogens is 4. The Morgan fingerprint density at radius 1 is 1.02 bits per heavy atom. The summed E-state index contributed by atoms with van der Waals surface area (Å²) >= 11 is 0. The lowest BCUT2D eigenvalue weighted by Gasteiger charge is -2.31. The number of nitrogens with one attached hydrogen (secondary N) is 2. The monoisotopic (exact) mass is 675 g/mol. The minimum Gasteiger partial charge on any atom is -0.473 e. The first-order valence-electron chi connectivity index (χ1n) is 13.9. The number of pyridine rings is 1. The van der Waals surface area contributed by atoms with Gasteiger partial charge in [0.25, 0.3) is 11.5 Å². The first-order valence-corrected chi connectivity index (χ1v) is 13.9. The van der Waals surface area contributed by atoms with Gasteiger partial charge in [0.1, 0.15) is 28.6 Å². The highest BCUT2D eigenvalue weighted by molar-refractivity contribution is 6.04. The number of benzene rings is 2. The minimum absolute atomic E-state index is 0. The molecule has 1 amide bonds. The molecule has 5 aromatic rings. The standard InChI is InChI=1S/C30H27F2N7O5.2ClH/c31-18-1-4-20(5-2-18)39-30(42)22(7-12-34-39)28(41)35-19-3-6-24(23(32)17-19)44-25-8-11-33-27-26(25)29(37-36-27)43-21-9-13-38(14-10-21)15-16-40;;/h1-8,11-12,17,21,40H,9-10,13-16H2,(H,35,41)(H,33,36,37);2*1H. The Kier molecular flexibility index (Phi) is 11.2. The van der Waals surface area contributed by atoms with Crippen LogP contribution in [0.4, 0.5) is 14.5 Å². The van der Waals surface area contributed by atoms with Gasteiger partial charge in [-0.25, -0.2) is 13.8 Å². The molecule has 12 nitrogen and oxygen atoms in total. The van der Waals surface area contributed by atoms with E-state index in [1.807, 2.05) is 0 Å². The molecular weight excluding hydrogens is 647 g/mol. The number of ether oxygens (including phenoxy) is 2. The predicted octanol–water partition coefficient (Wildman–Crippen LogP) is 4.51. The molecule has 0 spiro atoms. The Morgan fingerprint density at radius 3 is 2.50 bits per heavy atom. The van der Waals surface area contributed by atoms with E-state index in [9.17, 15) is 14.0 Å². The third kappa shape index (κ3) is 7.42. The number of nitrogens with zero attached hydrogens (tertiary/aromatic N) is 5. The SMILES string of the molecule is Cl.Cl.O=C(Nc1ccc(Oc2ccnc3[nH]nc(OC4CCN(CCO)CC4)c23)c(F)c1)c1ccnn(-c2ccc(F)cc2)c1=O. The topological polar surface area (TPSA) is 147 Å². The summed E-state index contributed by atoms with van der Waals surface area (Å²) in [5.41, 5.74) is -0.200. The van der Waals surface area contributed by atoms with E-state index >= 15 is 4.39 Å². The van der Waals surface area contributed by atoms with Gasteiger partial charge in [0.05, 0.1) is 12.3 Å². The molecule has 0 radical (unpaired) electrons. The summed E-state index contributed by atoms with van der Waals surface area (Å²) in [7, 11) is 0. The molecule has 46 heavy (non-hydrogen) atoms. The largest absolute Gasteiger partial charge is 0.473 e. The average Bonchev–Trinajstić information content (AvgIpc) is 3.44. The maximum atomic E-state index is 15.2. The summed E-state index contributed by atoms with van der Waals surface area (Å²) in [6, 6.07) is 11.7. The fraction of sp³-hybridized carbons (Fsp3) is 0.233. The molecule has 0 unspecified atom stereocenters. The molecule has 4 heterocycles. The number of aromatic amines is 1. The van der Waals surface area contributed by atoms with Crippen LogP contribution in [0.15, 0.2) is 71.8 Å². The molecule has 3 N–H and O–H groups in total. The van der Waals surface area contributed by atoms with Crippen molar-refractivity contribution in [1.29, 1.82) is 0 Å². The molecule has 16 heteroatoms. The Bertz CT molecular complexity index is 1870. The summed E-state index contributed by atoms with van der Waals surface area (Å²) in [6.07, 6.45) is 4.18. The van der Waals surface area contributed by atoms with Gasteiger partial charge in [-0.05, 0) is 55.3 Å². The second-order valence-corrected chi connectivity index (χ2v) is 10.1. The van der Waals surface area contributed by atoms with Crippen molar-refractivity contribution in [3.63, 3.8) is 0 Å². The van der Waals surface area contributed by atoms with Crippen molar-refractivity contribution >= 4 is 47.4 Å². The van der Waals surface area contributed by atoms with Crippen LogP contribution in [0.25, 0.3) is 16.7 Å². The molecule has 3 aromatic heterocycles. The zero-order valence-corrected chi connectivity index (χ0v) is 25.7. The Morgan fingerprint density at radius 2 is 1.78 bits per heavy atom. The number of anilines is 1. The minimum atomic E-state index is -0.778. The van der Waals surface area contributed by atoms with E-state index in [2.05, 4.69) is 30.5 Å². The third-order valence-electron chi connectivity index (χ3n) is 7.19. The molecule has 1 fully saturated rings. The van der Waals surface area contributed by atoms with Gasteiger partial charge in [-0.3, -0.25) is 14.7 Å². The van der Waals surface area contributed by atoms with E-state index < -0.39 is 23.1 Å². The molecule has 0 atom stereocenters. The smallest absolute Gasteiger partial charge is 0.284 e. The lowest BCUT2D eigenvalue weighted by molar-refractivity contribution is 0.0867. The zero-order valence-electron chi connectivity index (χ0n) is 24.1. The van der Waals surface area contributed by atoms with E-state index in [4.69, 9.17) is 14.6 Å². The van der Waals surface area contributed by atoms with Gasteiger partial charge in [0.2, 0.25) is 5.88 Å². The van der Waals surface area contributed by atoms with Gasteiger partial charge in [0, 0.05) is 49.8 Å². The first kappa shape index (κ1) is 34.2. The number of aliphatic hydroxyl groups is 1. The van der Waals surface area contributed by atoms with Crippen molar-refractivity contribution < 1.29 is 28.2 Å². The lowest BCUT2D eigenvalue weighted by Crippen LogP contribution is -2.39. The van der Waals surface area contributed by atoms with Crippen molar-refractivity contribution in [2.75, 3.05) is 31.6 Å². The Balaban J connectivity index is 0.00000240. The van der Waals surface area contributed by atoms with Gasteiger partial charge in [-0.1, -0.05) is 0 Å². The van der Waals surface area contributed by atoms with Crippen LogP contribution in [-0.2, 0) is 0 Å². The number of H-pyrrole nitrogens is 1. The fourth-order valence-corrected chi connectivity index (χ4v) is 4.95. The van der Waals surface area contributed by atoms with Crippen LogP contribution in [-0.4, -0.2) is 73.2 Å². The number of piperidine rings is 1. The highest BCUT2D eigenvalue weighted by Gasteiger charge is 2.24. The number of β-amino-alcohol motifs (C(OH)–C–C–N with tert-alkyl or cyclic N) is 1. The maximum Gasteiger partial charge on any atom is 0.284 e. The molecule has 1 aliphatic heterocycles. The molecule has 6 rings (SSSR count). The molecule has 2 aromatic carbocycles. The molecule has 0 aliphatic carbocycles. The lowest BCUT2D eigenvalue weighted by atomic mass is 10.1. The summed E-state index contributed by atoms with van der Waals surface area (Å²) in [5.74, 6) is -1.60. The van der Waals surface area contributed by atoms with Crippen molar-refractivity contribution in [2.45, 2.75) is 18.9 Å². The van der Waals surface area contributed by atoms with E-state index in [-0.39, 0.29) is 71.8 Å². The predicted molar refractivity (Wildman–Crippen MR) is 170 cm³/mol. The highest BCUT2D eigenvalue weighted by Crippen LogP contribution is 2.36. The number of fused-ring (bicyclic) bond motifs is 1. The van der Waals surface area contributed by atoms with Crippen LogP contribution in [0.3, 0.4) is 0 Å². The zero-order chi connectivity index (χ0) is 30.6. The van der Waals surface area contributed by atoms with Crippen molar-refractivity contribution in [2.24, 2.45) is 0 Å². The summed E-state index contributed by atoms with van der Waals surface area (Å²) < 4.78 is 41.5. The second-order valence-electron chi connectivity index (χ2n) is 10.1. The Hall–Kier alpha value is -4.63. The number of aromatic nitrogens is 5. The molecule has 1 saturated heterocycles. The van der Waals surface area contributed by atoms with E-state index in [0.717, 1.165) is 36.7 Å².